The summed E-state index contributed by atoms with van der Waals surface area (Å²) in [4.78, 5) is 34.6. The number of aromatic nitrogens is 2. The van der Waals surface area contributed by atoms with Crippen molar-refractivity contribution in [2.24, 2.45) is 0 Å². The minimum Gasteiger partial charge on any atom is -0.330 e. The van der Waals surface area contributed by atoms with E-state index in [0.717, 1.165) is 27.6 Å². The molecule has 2 aromatic heterocycles. The van der Waals surface area contributed by atoms with E-state index in [9.17, 15) is 9.59 Å². The van der Waals surface area contributed by atoms with Gasteiger partial charge in [-0.1, -0.05) is 41.5 Å². The van der Waals surface area contributed by atoms with Gasteiger partial charge in [0.15, 0.2) is 0 Å². The number of pyridine rings is 2. The van der Waals surface area contributed by atoms with Gasteiger partial charge in [0.25, 0.3) is 11.5 Å². The predicted octanol–water partition coefficient (Wildman–Crippen LogP) is 4.38. The molecule has 4 rings (SSSR count). The van der Waals surface area contributed by atoms with Crippen molar-refractivity contribution >= 4 is 16.8 Å². The van der Waals surface area contributed by atoms with Crippen LogP contribution in [-0.2, 0) is 13.1 Å². The number of H-pyrrole nitrogens is 1. The van der Waals surface area contributed by atoms with Crippen LogP contribution in [0.15, 0.2) is 77.9 Å². The first-order chi connectivity index (χ1) is 14.5. The van der Waals surface area contributed by atoms with Gasteiger partial charge in [-0.15, -0.1) is 0 Å². The topological polar surface area (TPSA) is 66.1 Å². The number of aromatic amines is 1. The number of benzene rings is 2. The van der Waals surface area contributed by atoms with Crippen molar-refractivity contribution in [3.05, 3.63) is 111 Å². The van der Waals surface area contributed by atoms with Crippen LogP contribution < -0.4 is 5.56 Å². The lowest BCUT2D eigenvalue weighted by atomic mass is 10.1. The highest BCUT2D eigenvalue weighted by molar-refractivity contribution is 5.93. The molecule has 0 spiro atoms. The number of hydrogen-bond donors (Lipinski definition) is 1. The van der Waals surface area contributed by atoms with Crippen molar-refractivity contribution in [1.29, 1.82) is 0 Å². The third-order valence-corrected chi connectivity index (χ3v) is 5.13. The Hall–Kier alpha value is -3.73. The lowest BCUT2D eigenvalue weighted by Crippen LogP contribution is -2.32. The van der Waals surface area contributed by atoms with Crippen LogP contribution in [-0.4, -0.2) is 20.8 Å². The fourth-order valence-electron chi connectivity index (χ4n) is 3.48. The number of hydrogen-bond acceptors (Lipinski definition) is 3. The van der Waals surface area contributed by atoms with Crippen LogP contribution in [0.2, 0.25) is 0 Å². The Bertz CT molecular complexity index is 1250. The predicted molar refractivity (Wildman–Crippen MR) is 118 cm³/mol. The Labute approximate surface area is 175 Å². The lowest BCUT2D eigenvalue weighted by molar-refractivity contribution is 0.0729. The first kappa shape index (κ1) is 19.6. The second-order valence-corrected chi connectivity index (χ2v) is 7.60. The Kier molecular flexibility index (Phi) is 5.44. The van der Waals surface area contributed by atoms with E-state index in [-0.39, 0.29) is 18.0 Å². The van der Waals surface area contributed by atoms with Gasteiger partial charge in [-0.05, 0) is 55.1 Å². The van der Waals surface area contributed by atoms with E-state index in [1.807, 2.05) is 62.4 Å². The van der Waals surface area contributed by atoms with Crippen molar-refractivity contribution in [1.82, 2.24) is 14.9 Å². The number of nitrogens with zero attached hydrogens (tertiary/aromatic N) is 2. The number of aryl methyl sites for hydroxylation is 2. The molecule has 5 heteroatoms. The van der Waals surface area contributed by atoms with E-state index in [1.165, 1.54) is 0 Å². The Morgan fingerprint density at radius 1 is 0.967 bits per heavy atom. The summed E-state index contributed by atoms with van der Waals surface area (Å²) in [6, 6.07) is 19.3. The van der Waals surface area contributed by atoms with Crippen molar-refractivity contribution in [3.63, 3.8) is 0 Å². The number of carbonyl (C=O) groups excluding carboxylic acids is 1. The number of nitrogens with one attached hydrogen (secondary N) is 1. The number of carbonyl (C=O) groups is 1. The third-order valence-electron chi connectivity index (χ3n) is 5.13. The molecule has 0 radical (unpaired) electrons. The van der Waals surface area contributed by atoms with E-state index in [0.29, 0.717) is 17.7 Å². The van der Waals surface area contributed by atoms with Crippen molar-refractivity contribution in [2.45, 2.75) is 26.9 Å². The molecule has 0 bridgehead atoms. The zero-order chi connectivity index (χ0) is 21.1. The molecule has 0 atom stereocenters. The molecule has 0 saturated carbocycles. The Balaban J connectivity index is 1.71. The maximum absolute atomic E-state index is 13.2. The first-order valence-electron chi connectivity index (χ1n) is 9.87. The summed E-state index contributed by atoms with van der Waals surface area (Å²) < 4.78 is 0. The van der Waals surface area contributed by atoms with E-state index in [2.05, 4.69) is 9.97 Å². The van der Waals surface area contributed by atoms with E-state index in [4.69, 9.17) is 0 Å². The summed E-state index contributed by atoms with van der Waals surface area (Å²) in [6.07, 6.45) is 3.19. The Morgan fingerprint density at radius 2 is 1.73 bits per heavy atom. The second kappa shape index (κ2) is 8.33. The minimum atomic E-state index is -0.181. The zero-order valence-corrected chi connectivity index (χ0v) is 17.1. The van der Waals surface area contributed by atoms with Gasteiger partial charge in [0, 0.05) is 30.0 Å². The quantitative estimate of drug-likeness (QED) is 0.543. The van der Waals surface area contributed by atoms with Gasteiger partial charge in [0.1, 0.15) is 0 Å². The minimum absolute atomic E-state index is 0.160. The molecule has 0 aliphatic rings. The highest BCUT2D eigenvalue weighted by Crippen LogP contribution is 2.17. The molecule has 4 aromatic rings. The molecule has 1 N–H and O–H groups in total. The van der Waals surface area contributed by atoms with Gasteiger partial charge in [-0.25, -0.2) is 0 Å². The zero-order valence-electron chi connectivity index (χ0n) is 17.1. The van der Waals surface area contributed by atoms with Crippen LogP contribution in [0.4, 0.5) is 0 Å². The van der Waals surface area contributed by atoms with Gasteiger partial charge < -0.3 is 9.88 Å². The third kappa shape index (κ3) is 4.30. The molecule has 5 nitrogen and oxygen atoms in total. The summed E-state index contributed by atoms with van der Waals surface area (Å²) in [5.74, 6) is -0.160. The van der Waals surface area contributed by atoms with Crippen LogP contribution >= 0.6 is 0 Å². The fourth-order valence-corrected chi connectivity index (χ4v) is 3.48. The summed E-state index contributed by atoms with van der Waals surface area (Å²) >= 11 is 0. The van der Waals surface area contributed by atoms with Crippen LogP contribution in [0.1, 0.15) is 32.6 Å². The molecule has 2 aromatic carbocycles. The molecule has 30 heavy (non-hydrogen) atoms. The molecule has 2 heterocycles. The van der Waals surface area contributed by atoms with Crippen LogP contribution in [0.5, 0.6) is 0 Å². The Morgan fingerprint density at radius 3 is 2.47 bits per heavy atom. The average molecular weight is 397 g/mol. The standard InChI is InChI=1S/C25H23N3O2/c1-17-5-8-19(9-6-17)15-28(25(30)20-4-3-11-26-14-20)16-22-13-21-12-18(2)7-10-23(21)27-24(22)29/h3-14H,15-16H2,1-2H3,(H,27,29). The van der Waals surface area contributed by atoms with Gasteiger partial charge in [-0.3, -0.25) is 14.6 Å². The summed E-state index contributed by atoms with van der Waals surface area (Å²) in [5.41, 5.74) is 4.94. The molecular formula is C25H23N3O2. The van der Waals surface area contributed by atoms with E-state index >= 15 is 0 Å². The highest BCUT2D eigenvalue weighted by Gasteiger charge is 2.18. The monoisotopic (exact) mass is 397 g/mol. The van der Waals surface area contributed by atoms with Crippen LogP contribution in [0.3, 0.4) is 0 Å². The molecule has 0 aliphatic heterocycles. The molecule has 150 valence electrons. The van der Waals surface area contributed by atoms with Gasteiger partial charge in [0.05, 0.1) is 12.1 Å². The highest BCUT2D eigenvalue weighted by atomic mass is 16.2. The molecule has 0 unspecified atom stereocenters. The molecular weight excluding hydrogens is 374 g/mol. The lowest BCUT2D eigenvalue weighted by Gasteiger charge is -2.23. The van der Waals surface area contributed by atoms with Crippen molar-refractivity contribution in [2.75, 3.05) is 0 Å². The molecule has 0 saturated heterocycles. The van der Waals surface area contributed by atoms with Crippen molar-refractivity contribution in [3.8, 4) is 0 Å². The largest absolute Gasteiger partial charge is 0.330 e. The van der Waals surface area contributed by atoms with Gasteiger partial charge in [-0.2, -0.15) is 0 Å². The molecule has 1 amide bonds. The summed E-state index contributed by atoms with van der Waals surface area (Å²) in [5, 5.41) is 0.953. The summed E-state index contributed by atoms with van der Waals surface area (Å²) in [7, 11) is 0. The van der Waals surface area contributed by atoms with Gasteiger partial charge >= 0.3 is 0 Å². The SMILES string of the molecule is Cc1ccc(CN(Cc2cc3cc(C)ccc3[nH]c2=O)C(=O)c2cccnc2)cc1. The number of rotatable bonds is 5. The molecule has 0 aliphatic carbocycles. The smallest absolute Gasteiger partial charge is 0.256 e. The van der Waals surface area contributed by atoms with Crippen LogP contribution in [0.25, 0.3) is 10.9 Å². The maximum atomic E-state index is 13.2. The number of fused-ring (bicyclic) bond motifs is 1. The average Bonchev–Trinajstić information content (AvgIpc) is 2.75. The second-order valence-electron chi connectivity index (χ2n) is 7.60. The van der Waals surface area contributed by atoms with E-state index < -0.39 is 0 Å². The number of amides is 1. The molecule has 0 fully saturated rings. The fraction of sp³-hybridized carbons (Fsp3) is 0.160. The van der Waals surface area contributed by atoms with Crippen molar-refractivity contribution < 1.29 is 4.79 Å². The summed E-state index contributed by atoms with van der Waals surface area (Å²) in [6.45, 7) is 4.65. The van der Waals surface area contributed by atoms with Crippen LogP contribution in [0, 0.1) is 13.8 Å². The first-order valence-corrected chi connectivity index (χ1v) is 9.87. The maximum Gasteiger partial charge on any atom is 0.256 e. The normalized spacial score (nSPS) is 10.9. The van der Waals surface area contributed by atoms with E-state index in [1.54, 1.807) is 29.4 Å². The van der Waals surface area contributed by atoms with Gasteiger partial charge in [0.2, 0.25) is 0 Å².